The van der Waals surface area contributed by atoms with Crippen molar-refractivity contribution >= 4 is 6.08 Å². The fourth-order valence-electron chi connectivity index (χ4n) is 2.28. The van der Waals surface area contributed by atoms with Crippen LogP contribution in [0.2, 0.25) is 0 Å². The van der Waals surface area contributed by atoms with Crippen molar-refractivity contribution in [2.75, 3.05) is 0 Å². The van der Waals surface area contributed by atoms with Crippen molar-refractivity contribution in [1.29, 1.82) is 0 Å². The number of aryl methyl sites for hydroxylation is 1. The van der Waals surface area contributed by atoms with E-state index >= 15 is 0 Å². The van der Waals surface area contributed by atoms with Gasteiger partial charge in [0.05, 0.1) is 0 Å². The van der Waals surface area contributed by atoms with Crippen LogP contribution in [0.25, 0.3) is 6.08 Å². The highest BCUT2D eigenvalue weighted by Crippen LogP contribution is 2.12. The number of hydrogen-bond donors (Lipinski definition) is 0. The summed E-state index contributed by atoms with van der Waals surface area (Å²) in [5.41, 5.74) is 2.68. The van der Waals surface area contributed by atoms with Crippen molar-refractivity contribution in [3.8, 4) is 0 Å². The third-order valence-electron chi connectivity index (χ3n) is 3.53. The Kier molecular flexibility index (Phi) is 8.29. The predicted octanol–water partition coefficient (Wildman–Crippen LogP) is 6.01. The van der Waals surface area contributed by atoms with Crippen LogP contribution in [-0.4, -0.2) is 0 Å². The molecule has 0 nitrogen and oxygen atoms in total. The lowest BCUT2D eigenvalue weighted by Gasteiger charge is -2.03. The fraction of sp³-hybridized carbons (Fsp3) is 0.556. The lowest BCUT2D eigenvalue weighted by atomic mass is 10.0. The molecule has 0 spiro atoms. The average molecular weight is 244 g/mol. The van der Waals surface area contributed by atoms with Gasteiger partial charge in [0, 0.05) is 0 Å². The van der Waals surface area contributed by atoms with E-state index in [4.69, 9.17) is 0 Å². The van der Waals surface area contributed by atoms with Crippen molar-refractivity contribution in [3.05, 3.63) is 42.0 Å². The molecule has 0 N–H and O–H groups in total. The Morgan fingerprint density at radius 1 is 0.833 bits per heavy atom. The van der Waals surface area contributed by atoms with Crippen LogP contribution in [0.4, 0.5) is 0 Å². The molecule has 0 saturated heterocycles. The highest BCUT2D eigenvalue weighted by molar-refractivity contribution is 5.47. The third-order valence-corrected chi connectivity index (χ3v) is 3.53. The zero-order valence-electron chi connectivity index (χ0n) is 12.0. The zero-order valence-corrected chi connectivity index (χ0v) is 12.0. The molecule has 1 aromatic rings. The monoisotopic (exact) mass is 244 g/mol. The van der Waals surface area contributed by atoms with Gasteiger partial charge in [-0.05, 0) is 24.0 Å². The molecule has 100 valence electrons. The van der Waals surface area contributed by atoms with E-state index < -0.39 is 0 Å². The number of unbranched alkanes of at least 4 members (excludes halogenated alkanes) is 7. The van der Waals surface area contributed by atoms with Gasteiger partial charge in [-0.15, -0.1) is 0 Å². The minimum absolute atomic E-state index is 1.22. The number of benzene rings is 1. The fourth-order valence-corrected chi connectivity index (χ4v) is 2.28. The van der Waals surface area contributed by atoms with Crippen LogP contribution in [0.15, 0.2) is 30.8 Å². The topological polar surface area (TPSA) is 0 Å². The number of rotatable bonds is 10. The zero-order chi connectivity index (χ0) is 13.1. The standard InChI is InChI=1S/C18H28/c1-3-5-6-7-8-9-10-11-12-18-15-13-17(4-2)14-16-18/h4,13-16H,2-3,5-12H2,1H3. The molecule has 18 heavy (non-hydrogen) atoms. The molecule has 0 aliphatic rings. The maximum absolute atomic E-state index is 3.78. The summed E-state index contributed by atoms with van der Waals surface area (Å²) < 4.78 is 0. The Bertz CT molecular complexity index is 307. The summed E-state index contributed by atoms with van der Waals surface area (Å²) in [6, 6.07) is 8.79. The molecule has 0 heteroatoms. The second kappa shape index (κ2) is 9.94. The lowest BCUT2D eigenvalue weighted by molar-refractivity contribution is 0.575. The molecule has 0 aromatic heterocycles. The maximum atomic E-state index is 3.78. The van der Waals surface area contributed by atoms with Crippen molar-refractivity contribution in [3.63, 3.8) is 0 Å². The molecule has 0 heterocycles. The highest BCUT2D eigenvalue weighted by atomic mass is 14.0. The minimum Gasteiger partial charge on any atom is -0.0985 e. The summed E-state index contributed by atoms with van der Waals surface area (Å²) >= 11 is 0. The molecule has 0 radical (unpaired) electrons. The van der Waals surface area contributed by atoms with E-state index in [-0.39, 0.29) is 0 Å². The molecule has 1 aromatic carbocycles. The molecule has 0 aliphatic heterocycles. The Morgan fingerprint density at radius 3 is 1.94 bits per heavy atom. The normalized spacial score (nSPS) is 10.5. The lowest BCUT2D eigenvalue weighted by Crippen LogP contribution is -1.86. The second-order valence-corrected chi connectivity index (χ2v) is 5.17. The Labute approximate surface area is 113 Å². The van der Waals surface area contributed by atoms with Crippen LogP contribution in [-0.2, 0) is 6.42 Å². The van der Waals surface area contributed by atoms with Gasteiger partial charge in [-0.3, -0.25) is 0 Å². The Balaban J connectivity index is 2.01. The van der Waals surface area contributed by atoms with Crippen molar-refractivity contribution in [2.24, 2.45) is 0 Å². The van der Waals surface area contributed by atoms with Crippen LogP contribution >= 0.6 is 0 Å². The first kappa shape index (κ1) is 15.0. The van der Waals surface area contributed by atoms with Gasteiger partial charge in [0.2, 0.25) is 0 Å². The molecule has 1 rings (SSSR count). The molecule has 0 unspecified atom stereocenters. The first-order valence-electron chi connectivity index (χ1n) is 7.58. The minimum atomic E-state index is 1.22. The van der Waals surface area contributed by atoms with Gasteiger partial charge in [-0.1, -0.05) is 88.8 Å². The van der Waals surface area contributed by atoms with E-state index in [9.17, 15) is 0 Å². The van der Waals surface area contributed by atoms with Crippen LogP contribution in [0.3, 0.4) is 0 Å². The van der Waals surface area contributed by atoms with E-state index in [1.54, 1.807) is 0 Å². The SMILES string of the molecule is C=Cc1ccc(CCCCCCCCCC)cc1. The van der Waals surface area contributed by atoms with Crippen molar-refractivity contribution in [1.82, 2.24) is 0 Å². The van der Waals surface area contributed by atoms with Gasteiger partial charge in [0.15, 0.2) is 0 Å². The van der Waals surface area contributed by atoms with Gasteiger partial charge < -0.3 is 0 Å². The molecular weight excluding hydrogens is 216 g/mol. The van der Waals surface area contributed by atoms with Gasteiger partial charge >= 0.3 is 0 Å². The van der Waals surface area contributed by atoms with E-state index in [1.165, 1.54) is 68.9 Å². The second-order valence-electron chi connectivity index (χ2n) is 5.17. The van der Waals surface area contributed by atoms with Crippen molar-refractivity contribution in [2.45, 2.75) is 64.7 Å². The van der Waals surface area contributed by atoms with E-state index in [0.29, 0.717) is 0 Å². The maximum Gasteiger partial charge on any atom is -0.0262 e. The van der Waals surface area contributed by atoms with Gasteiger partial charge in [-0.2, -0.15) is 0 Å². The summed E-state index contributed by atoms with van der Waals surface area (Å²) in [6.07, 6.45) is 14.3. The Hall–Kier alpha value is -1.04. The van der Waals surface area contributed by atoms with E-state index in [1.807, 2.05) is 6.08 Å². The van der Waals surface area contributed by atoms with Gasteiger partial charge in [0.1, 0.15) is 0 Å². The first-order chi connectivity index (χ1) is 8.86. The Morgan fingerprint density at radius 2 is 1.39 bits per heavy atom. The summed E-state index contributed by atoms with van der Waals surface area (Å²) in [5, 5.41) is 0. The van der Waals surface area contributed by atoms with Gasteiger partial charge in [-0.25, -0.2) is 0 Å². The van der Waals surface area contributed by atoms with Crippen LogP contribution in [0, 0.1) is 0 Å². The average Bonchev–Trinajstić information content (AvgIpc) is 2.42. The van der Waals surface area contributed by atoms with Crippen LogP contribution in [0.5, 0.6) is 0 Å². The molecule has 0 saturated carbocycles. The van der Waals surface area contributed by atoms with E-state index in [0.717, 1.165) is 0 Å². The highest BCUT2D eigenvalue weighted by Gasteiger charge is 1.94. The summed E-state index contributed by atoms with van der Waals surface area (Å²) in [6.45, 7) is 6.05. The summed E-state index contributed by atoms with van der Waals surface area (Å²) in [7, 11) is 0. The van der Waals surface area contributed by atoms with Crippen LogP contribution in [0.1, 0.15) is 69.4 Å². The largest absolute Gasteiger partial charge is 0.0985 e. The molecule has 0 amide bonds. The molecule has 0 atom stereocenters. The smallest absolute Gasteiger partial charge is 0.0262 e. The molecule has 0 fully saturated rings. The molecule has 0 aliphatic carbocycles. The first-order valence-corrected chi connectivity index (χ1v) is 7.58. The van der Waals surface area contributed by atoms with Crippen molar-refractivity contribution < 1.29 is 0 Å². The molecule has 0 bridgehead atoms. The quantitative estimate of drug-likeness (QED) is 0.442. The van der Waals surface area contributed by atoms with Gasteiger partial charge in [0.25, 0.3) is 0 Å². The van der Waals surface area contributed by atoms with Crippen LogP contribution < -0.4 is 0 Å². The third kappa shape index (κ3) is 6.64. The predicted molar refractivity (Wildman–Crippen MR) is 82.8 cm³/mol. The number of hydrogen-bond acceptors (Lipinski definition) is 0. The van der Waals surface area contributed by atoms with E-state index in [2.05, 4.69) is 37.8 Å². The molecular formula is C18H28. The summed E-state index contributed by atoms with van der Waals surface area (Å²) in [4.78, 5) is 0. The summed E-state index contributed by atoms with van der Waals surface area (Å²) in [5.74, 6) is 0.